The summed E-state index contributed by atoms with van der Waals surface area (Å²) >= 11 is 0. The zero-order valence-corrected chi connectivity index (χ0v) is 13.2. The summed E-state index contributed by atoms with van der Waals surface area (Å²) in [5, 5.41) is 6.66. The van der Waals surface area contributed by atoms with Crippen molar-refractivity contribution in [1.29, 1.82) is 0 Å². The van der Waals surface area contributed by atoms with Crippen molar-refractivity contribution in [3.05, 3.63) is 65.2 Å². The zero-order valence-electron chi connectivity index (χ0n) is 13.2. The van der Waals surface area contributed by atoms with E-state index in [4.69, 9.17) is 0 Å². The van der Waals surface area contributed by atoms with E-state index in [1.165, 1.54) is 5.56 Å². The largest absolute Gasteiger partial charge is 0.326 e. The van der Waals surface area contributed by atoms with Crippen LogP contribution in [0.4, 0.5) is 5.69 Å². The lowest BCUT2D eigenvalue weighted by atomic mass is 10.2. The van der Waals surface area contributed by atoms with E-state index in [9.17, 15) is 9.59 Å². The maximum absolute atomic E-state index is 12.0. The number of hydrazone groups is 1. The second-order valence-electron chi connectivity index (χ2n) is 5.09. The van der Waals surface area contributed by atoms with E-state index in [0.29, 0.717) is 17.7 Å². The number of carbonyl (C=O) groups excluding carboxylic acids is 2. The van der Waals surface area contributed by atoms with Gasteiger partial charge in [0.25, 0.3) is 5.91 Å². The highest BCUT2D eigenvalue weighted by Crippen LogP contribution is 2.10. The summed E-state index contributed by atoms with van der Waals surface area (Å²) in [7, 11) is 0. The van der Waals surface area contributed by atoms with Crippen LogP contribution in [-0.2, 0) is 4.79 Å². The van der Waals surface area contributed by atoms with E-state index >= 15 is 0 Å². The number of hydrogen-bond acceptors (Lipinski definition) is 3. The van der Waals surface area contributed by atoms with Crippen molar-refractivity contribution in [2.45, 2.75) is 20.3 Å². The molecule has 0 atom stereocenters. The van der Waals surface area contributed by atoms with Crippen molar-refractivity contribution in [2.75, 3.05) is 5.32 Å². The highest BCUT2D eigenvalue weighted by molar-refractivity contribution is 5.96. The predicted molar refractivity (Wildman–Crippen MR) is 91.6 cm³/mol. The van der Waals surface area contributed by atoms with E-state index in [2.05, 4.69) is 15.8 Å². The number of nitrogens with zero attached hydrogens (tertiary/aromatic N) is 1. The number of carbonyl (C=O) groups is 2. The van der Waals surface area contributed by atoms with Crippen molar-refractivity contribution >= 4 is 23.7 Å². The molecule has 0 aliphatic carbocycles. The van der Waals surface area contributed by atoms with Crippen LogP contribution in [0.15, 0.2) is 53.6 Å². The second kappa shape index (κ2) is 7.89. The average molecular weight is 309 g/mol. The lowest BCUT2D eigenvalue weighted by Crippen LogP contribution is -2.17. The first-order valence-corrected chi connectivity index (χ1v) is 7.38. The van der Waals surface area contributed by atoms with Gasteiger partial charge in [-0.25, -0.2) is 5.43 Å². The Bertz CT molecular complexity index is 704. The number of hydrogen-bond donors (Lipinski definition) is 2. The van der Waals surface area contributed by atoms with E-state index in [1.54, 1.807) is 37.4 Å². The summed E-state index contributed by atoms with van der Waals surface area (Å²) in [5.41, 5.74) is 5.69. The monoisotopic (exact) mass is 309 g/mol. The van der Waals surface area contributed by atoms with Crippen molar-refractivity contribution in [2.24, 2.45) is 5.10 Å². The van der Waals surface area contributed by atoms with Gasteiger partial charge in [-0.1, -0.05) is 36.8 Å². The van der Waals surface area contributed by atoms with E-state index in [0.717, 1.165) is 5.56 Å². The smallest absolute Gasteiger partial charge is 0.271 e. The Morgan fingerprint density at radius 3 is 2.30 bits per heavy atom. The quantitative estimate of drug-likeness (QED) is 0.658. The summed E-state index contributed by atoms with van der Waals surface area (Å²) in [5.74, 6) is -0.369. The molecule has 0 bridgehead atoms. The number of amides is 2. The minimum atomic E-state index is -0.304. The lowest BCUT2D eigenvalue weighted by Gasteiger charge is -2.04. The fraction of sp³-hybridized carbons (Fsp3) is 0.167. The van der Waals surface area contributed by atoms with Crippen LogP contribution in [0.2, 0.25) is 0 Å². The normalized spacial score (nSPS) is 10.5. The fourth-order valence-electron chi connectivity index (χ4n) is 1.84. The molecule has 0 spiro atoms. The van der Waals surface area contributed by atoms with Crippen LogP contribution < -0.4 is 10.7 Å². The maximum Gasteiger partial charge on any atom is 0.271 e. The van der Waals surface area contributed by atoms with Gasteiger partial charge in [0, 0.05) is 17.7 Å². The molecule has 2 N–H and O–H groups in total. The minimum absolute atomic E-state index is 0.0649. The molecule has 0 heterocycles. The van der Waals surface area contributed by atoms with Crippen LogP contribution in [0, 0.1) is 6.92 Å². The van der Waals surface area contributed by atoms with Crippen molar-refractivity contribution in [3.8, 4) is 0 Å². The van der Waals surface area contributed by atoms with Gasteiger partial charge in [-0.3, -0.25) is 9.59 Å². The van der Waals surface area contributed by atoms with Crippen LogP contribution in [0.1, 0.15) is 34.8 Å². The molecule has 5 heteroatoms. The first kappa shape index (κ1) is 16.4. The molecule has 0 saturated carbocycles. The molecular formula is C18H19N3O2. The molecule has 5 nitrogen and oxygen atoms in total. The van der Waals surface area contributed by atoms with Crippen molar-refractivity contribution < 1.29 is 9.59 Å². The van der Waals surface area contributed by atoms with Gasteiger partial charge in [0.15, 0.2) is 0 Å². The van der Waals surface area contributed by atoms with Gasteiger partial charge in [-0.2, -0.15) is 5.10 Å². The van der Waals surface area contributed by atoms with Gasteiger partial charge in [-0.05, 0) is 36.8 Å². The highest BCUT2D eigenvalue weighted by Gasteiger charge is 2.05. The van der Waals surface area contributed by atoms with Gasteiger partial charge in [-0.15, -0.1) is 0 Å². The van der Waals surface area contributed by atoms with Crippen LogP contribution >= 0.6 is 0 Å². The summed E-state index contributed by atoms with van der Waals surface area (Å²) < 4.78 is 0. The average Bonchev–Trinajstić information content (AvgIpc) is 2.57. The molecule has 2 aromatic rings. The summed E-state index contributed by atoms with van der Waals surface area (Å²) in [6.45, 7) is 3.79. The molecule has 118 valence electrons. The Morgan fingerprint density at radius 1 is 1.04 bits per heavy atom. The van der Waals surface area contributed by atoms with Crippen LogP contribution in [0.3, 0.4) is 0 Å². The molecule has 0 saturated heterocycles. The van der Waals surface area contributed by atoms with Crippen molar-refractivity contribution in [1.82, 2.24) is 5.43 Å². The third kappa shape index (κ3) is 5.07. The zero-order chi connectivity index (χ0) is 16.7. The Balaban J connectivity index is 1.92. The highest BCUT2D eigenvalue weighted by atomic mass is 16.2. The molecule has 0 fully saturated rings. The van der Waals surface area contributed by atoms with Gasteiger partial charge >= 0.3 is 0 Å². The van der Waals surface area contributed by atoms with E-state index in [-0.39, 0.29) is 11.8 Å². The van der Waals surface area contributed by atoms with Gasteiger partial charge < -0.3 is 5.32 Å². The van der Waals surface area contributed by atoms with Gasteiger partial charge in [0.05, 0.1) is 6.21 Å². The van der Waals surface area contributed by atoms with Crippen LogP contribution in [0.25, 0.3) is 0 Å². The molecular weight excluding hydrogens is 290 g/mol. The molecule has 2 amide bonds. The predicted octanol–water partition coefficient (Wildman–Crippen LogP) is 3.11. The minimum Gasteiger partial charge on any atom is -0.326 e. The fourth-order valence-corrected chi connectivity index (χ4v) is 1.84. The van der Waals surface area contributed by atoms with Crippen LogP contribution in [0.5, 0.6) is 0 Å². The Hall–Kier alpha value is -2.95. The molecule has 2 rings (SSSR count). The van der Waals surface area contributed by atoms with E-state index < -0.39 is 0 Å². The number of rotatable bonds is 5. The Kier molecular flexibility index (Phi) is 5.63. The van der Waals surface area contributed by atoms with Crippen LogP contribution in [-0.4, -0.2) is 18.0 Å². The van der Waals surface area contributed by atoms with E-state index in [1.807, 2.05) is 31.2 Å². The van der Waals surface area contributed by atoms with Crippen molar-refractivity contribution in [3.63, 3.8) is 0 Å². The Labute approximate surface area is 135 Å². The number of aryl methyl sites for hydroxylation is 1. The third-order valence-electron chi connectivity index (χ3n) is 3.21. The molecule has 0 aliphatic rings. The van der Waals surface area contributed by atoms with Gasteiger partial charge in [0.1, 0.15) is 0 Å². The molecule has 0 aliphatic heterocycles. The number of nitrogens with one attached hydrogen (secondary N) is 2. The molecule has 0 aromatic heterocycles. The molecule has 2 aromatic carbocycles. The summed E-state index contributed by atoms with van der Waals surface area (Å²) in [4.78, 5) is 23.3. The standard InChI is InChI=1S/C18H19N3O2/c1-3-17(22)20-16-10-8-15(9-11-16)18(23)21-19-12-14-6-4-13(2)5-7-14/h4-12H,3H2,1-2H3,(H,20,22)(H,21,23)/b19-12-. The lowest BCUT2D eigenvalue weighted by molar-refractivity contribution is -0.115. The first-order valence-electron chi connectivity index (χ1n) is 7.38. The number of benzene rings is 2. The molecule has 0 radical (unpaired) electrons. The maximum atomic E-state index is 12.0. The molecule has 0 unspecified atom stereocenters. The SMILES string of the molecule is CCC(=O)Nc1ccc(C(=O)N/N=C\c2ccc(C)cc2)cc1. The van der Waals surface area contributed by atoms with Gasteiger partial charge in [0.2, 0.25) is 5.91 Å². The Morgan fingerprint density at radius 2 is 1.70 bits per heavy atom. The third-order valence-corrected chi connectivity index (χ3v) is 3.21. The summed E-state index contributed by atoms with van der Waals surface area (Å²) in [6, 6.07) is 14.5. The number of anilines is 1. The summed E-state index contributed by atoms with van der Waals surface area (Å²) in [6.07, 6.45) is 2.00. The molecule has 23 heavy (non-hydrogen) atoms. The topological polar surface area (TPSA) is 70.6 Å². The second-order valence-corrected chi connectivity index (χ2v) is 5.09. The first-order chi connectivity index (χ1) is 11.1.